The fourth-order valence-corrected chi connectivity index (χ4v) is 4.62. The van der Waals surface area contributed by atoms with E-state index in [1.807, 2.05) is 19.9 Å². The van der Waals surface area contributed by atoms with Crippen molar-refractivity contribution in [2.75, 3.05) is 0 Å². The molecule has 0 bridgehead atoms. The van der Waals surface area contributed by atoms with E-state index >= 15 is 0 Å². The maximum Gasteiger partial charge on any atom is 0.303 e. The molecule has 0 heterocycles. The molecule has 5 atom stereocenters. The minimum absolute atomic E-state index is 0.00913. The lowest BCUT2D eigenvalue weighted by Gasteiger charge is -2.44. The molecule has 158 valence electrons. The van der Waals surface area contributed by atoms with Crippen LogP contribution in [0.4, 0.5) is 0 Å². The molecule has 0 radical (unpaired) electrons. The van der Waals surface area contributed by atoms with Crippen LogP contribution in [0.5, 0.6) is 0 Å². The number of hydrogen-bond donors (Lipinski definition) is 3. The van der Waals surface area contributed by atoms with E-state index in [1.54, 1.807) is 0 Å². The van der Waals surface area contributed by atoms with Gasteiger partial charge in [-0.1, -0.05) is 49.8 Å². The fraction of sp³-hybridized carbons (Fsp3) is 0.708. The van der Waals surface area contributed by atoms with Gasteiger partial charge in [0.25, 0.3) is 0 Å². The van der Waals surface area contributed by atoms with Gasteiger partial charge in [0, 0.05) is 11.8 Å². The molecule has 0 aromatic heterocycles. The summed E-state index contributed by atoms with van der Waals surface area (Å²) in [5, 5.41) is 29.9. The van der Waals surface area contributed by atoms with Crippen molar-refractivity contribution in [3.05, 3.63) is 36.5 Å². The Balaban J connectivity index is 1.89. The highest BCUT2D eigenvalue weighted by atomic mass is 16.4. The number of aliphatic hydroxyl groups excluding tert-OH is 2. The predicted octanol–water partition coefficient (Wildman–Crippen LogP) is 4.87. The van der Waals surface area contributed by atoms with Crippen LogP contribution in [-0.2, 0) is 4.79 Å². The molecule has 0 aromatic rings. The van der Waals surface area contributed by atoms with E-state index in [-0.39, 0.29) is 29.8 Å². The molecule has 0 saturated heterocycles. The molecule has 4 nitrogen and oxygen atoms in total. The molecule has 2 unspecified atom stereocenters. The number of allylic oxidation sites excluding steroid dienone is 5. The first kappa shape index (κ1) is 22.9. The third kappa shape index (κ3) is 6.31. The van der Waals surface area contributed by atoms with E-state index in [0.717, 1.165) is 38.5 Å². The summed E-state index contributed by atoms with van der Waals surface area (Å²) in [4.78, 5) is 10.7. The summed E-state index contributed by atoms with van der Waals surface area (Å²) in [7, 11) is 0. The maximum atomic E-state index is 10.8. The number of carboxylic acid groups (broad SMARTS) is 1. The van der Waals surface area contributed by atoms with Crippen LogP contribution in [0.2, 0.25) is 0 Å². The van der Waals surface area contributed by atoms with Gasteiger partial charge in [-0.05, 0) is 69.6 Å². The van der Waals surface area contributed by atoms with E-state index < -0.39 is 12.1 Å². The molecule has 2 saturated carbocycles. The van der Waals surface area contributed by atoms with Crippen molar-refractivity contribution in [3.8, 4) is 0 Å². The van der Waals surface area contributed by atoms with Crippen molar-refractivity contribution in [3.63, 3.8) is 0 Å². The Kier molecular flexibility index (Phi) is 8.97. The van der Waals surface area contributed by atoms with Crippen molar-refractivity contribution in [1.29, 1.82) is 0 Å². The van der Waals surface area contributed by atoms with Crippen LogP contribution >= 0.6 is 0 Å². The normalized spacial score (nSPS) is 29.5. The largest absolute Gasteiger partial charge is 0.481 e. The zero-order valence-electron chi connectivity index (χ0n) is 17.5. The highest BCUT2D eigenvalue weighted by molar-refractivity contribution is 5.66. The Labute approximate surface area is 170 Å². The summed E-state index contributed by atoms with van der Waals surface area (Å²) < 4.78 is 0. The highest BCUT2D eigenvalue weighted by Gasteiger charge is 2.41. The molecule has 2 rings (SSSR count). The second kappa shape index (κ2) is 11.0. The third-order valence-electron chi connectivity index (χ3n) is 6.80. The molecule has 2 fully saturated rings. The van der Waals surface area contributed by atoms with Gasteiger partial charge in [-0.25, -0.2) is 0 Å². The van der Waals surface area contributed by atoms with Gasteiger partial charge in [0.1, 0.15) is 0 Å². The molecule has 0 aromatic carbocycles. The van der Waals surface area contributed by atoms with Crippen LogP contribution in [0.1, 0.15) is 71.6 Å². The van der Waals surface area contributed by atoms with Crippen molar-refractivity contribution in [2.45, 2.75) is 83.8 Å². The van der Waals surface area contributed by atoms with Crippen molar-refractivity contribution < 1.29 is 20.1 Å². The van der Waals surface area contributed by atoms with Gasteiger partial charge < -0.3 is 15.3 Å². The van der Waals surface area contributed by atoms with Crippen LogP contribution in [-0.4, -0.2) is 33.5 Å². The van der Waals surface area contributed by atoms with Crippen molar-refractivity contribution in [2.24, 2.45) is 23.2 Å². The van der Waals surface area contributed by atoms with Crippen LogP contribution in [0.25, 0.3) is 0 Å². The van der Waals surface area contributed by atoms with E-state index in [1.165, 1.54) is 6.42 Å². The SMILES string of the molecule is CC=CCC1(C(O)C=C[C@H]2CC[C@H](O)[C@@H]2CC=CC(C)CCC(=O)O)CCC1. The average molecular weight is 391 g/mol. The van der Waals surface area contributed by atoms with Gasteiger partial charge in [0.05, 0.1) is 12.2 Å². The van der Waals surface area contributed by atoms with E-state index in [9.17, 15) is 15.0 Å². The molecule has 2 aliphatic carbocycles. The summed E-state index contributed by atoms with van der Waals surface area (Å²) in [5.41, 5.74) is 0.00913. The summed E-state index contributed by atoms with van der Waals surface area (Å²) in [6.07, 6.45) is 19.5. The Morgan fingerprint density at radius 1 is 1.21 bits per heavy atom. The second-order valence-corrected chi connectivity index (χ2v) is 8.86. The highest BCUT2D eigenvalue weighted by Crippen LogP contribution is 2.48. The minimum Gasteiger partial charge on any atom is -0.481 e. The molecule has 3 N–H and O–H groups in total. The van der Waals surface area contributed by atoms with Crippen LogP contribution < -0.4 is 0 Å². The molecule has 0 spiro atoms. The van der Waals surface area contributed by atoms with Crippen LogP contribution in [0.3, 0.4) is 0 Å². The zero-order valence-corrected chi connectivity index (χ0v) is 17.5. The monoisotopic (exact) mass is 390 g/mol. The predicted molar refractivity (Wildman–Crippen MR) is 113 cm³/mol. The van der Waals surface area contributed by atoms with E-state index in [0.29, 0.717) is 12.3 Å². The maximum absolute atomic E-state index is 10.8. The molecule has 0 aliphatic heterocycles. The van der Waals surface area contributed by atoms with Gasteiger partial charge in [-0.3, -0.25) is 4.79 Å². The van der Waals surface area contributed by atoms with Crippen LogP contribution in [0.15, 0.2) is 36.5 Å². The van der Waals surface area contributed by atoms with Gasteiger partial charge in [-0.15, -0.1) is 0 Å². The average Bonchev–Trinajstić information content (AvgIpc) is 2.97. The number of aliphatic carboxylic acids is 1. The Bertz CT molecular complexity index is 573. The summed E-state index contributed by atoms with van der Waals surface area (Å²) >= 11 is 0. The van der Waals surface area contributed by atoms with Crippen molar-refractivity contribution >= 4 is 5.97 Å². The first-order chi connectivity index (χ1) is 13.4. The summed E-state index contributed by atoms with van der Waals surface area (Å²) in [6, 6.07) is 0. The Hall–Kier alpha value is -1.39. The van der Waals surface area contributed by atoms with Gasteiger partial charge in [0.2, 0.25) is 0 Å². The summed E-state index contributed by atoms with van der Waals surface area (Å²) in [6.45, 7) is 4.05. The molecule has 4 heteroatoms. The Morgan fingerprint density at radius 3 is 2.57 bits per heavy atom. The quantitative estimate of drug-likeness (QED) is 0.440. The lowest BCUT2D eigenvalue weighted by atomic mass is 9.63. The topological polar surface area (TPSA) is 77.8 Å². The first-order valence-electron chi connectivity index (χ1n) is 10.9. The van der Waals surface area contributed by atoms with Crippen LogP contribution in [0, 0.1) is 23.2 Å². The smallest absolute Gasteiger partial charge is 0.303 e. The number of hydrogen-bond acceptors (Lipinski definition) is 3. The molecular weight excluding hydrogens is 352 g/mol. The number of aliphatic hydroxyl groups is 2. The number of rotatable bonds is 11. The molecule has 28 heavy (non-hydrogen) atoms. The molecule has 0 amide bonds. The standard InChI is InChI=1S/C24H38O4/c1-3-4-15-24(16-6-17-24)22(26)13-11-19-10-12-21(25)20(19)8-5-7-18(2)9-14-23(27)28/h3-5,7,11,13,18-22,25-26H,6,8-10,12,14-17H2,1-2H3,(H,27,28)/t18?,19-,20-,21+,22?/m1/s1. The summed E-state index contributed by atoms with van der Waals surface area (Å²) in [5.74, 6) is -0.0498. The van der Waals surface area contributed by atoms with Gasteiger partial charge in [-0.2, -0.15) is 0 Å². The Morgan fingerprint density at radius 2 is 1.96 bits per heavy atom. The minimum atomic E-state index is -0.756. The second-order valence-electron chi connectivity index (χ2n) is 8.86. The van der Waals surface area contributed by atoms with Crippen molar-refractivity contribution in [1.82, 2.24) is 0 Å². The molecule has 2 aliphatic rings. The first-order valence-corrected chi connectivity index (χ1v) is 10.9. The number of carbonyl (C=O) groups is 1. The third-order valence-corrected chi connectivity index (χ3v) is 6.80. The lowest BCUT2D eigenvalue weighted by Crippen LogP contribution is -2.40. The van der Waals surface area contributed by atoms with Gasteiger partial charge >= 0.3 is 5.97 Å². The fourth-order valence-electron chi connectivity index (χ4n) is 4.62. The zero-order chi connectivity index (χ0) is 20.6. The van der Waals surface area contributed by atoms with E-state index in [4.69, 9.17) is 5.11 Å². The molecular formula is C24H38O4. The number of carboxylic acids is 1. The lowest BCUT2D eigenvalue weighted by molar-refractivity contribution is -0.137. The van der Waals surface area contributed by atoms with E-state index in [2.05, 4.69) is 30.4 Å². The van der Waals surface area contributed by atoms with Gasteiger partial charge in [0.15, 0.2) is 0 Å².